The molecule has 6 aromatic rings. The number of hydrogen-bond acceptors (Lipinski definition) is 8. The Balaban J connectivity index is 0.000000144. The number of pyridine rings is 2. The number of hydrogen-bond donors (Lipinski definition) is 0. The van der Waals surface area contributed by atoms with E-state index < -0.39 is 4.92 Å². The fraction of sp³-hybridized carbons (Fsp3) is 0.174. The van der Waals surface area contributed by atoms with E-state index >= 15 is 0 Å². The highest BCUT2D eigenvalue weighted by molar-refractivity contribution is 9.10. The summed E-state index contributed by atoms with van der Waals surface area (Å²) in [5.41, 5.74) is 11.9. The summed E-state index contributed by atoms with van der Waals surface area (Å²) in [4.78, 5) is 28.5. The summed E-state index contributed by atoms with van der Waals surface area (Å²) in [6, 6.07) is 36.0. The van der Waals surface area contributed by atoms with E-state index in [1.165, 1.54) is 58.6 Å². The monoisotopic (exact) mass is 834 g/mol. The Bertz CT molecular complexity index is 2550. The summed E-state index contributed by atoms with van der Waals surface area (Å²) in [6.07, 6.45) is 12.0. The molecule has 0 atom stereocenters. The molecular formula is C46H40BBrN4O6. The van der Waals surface area contributed by atoms with Crippen LogP contribution in [0.4, 0.5) is 11.4 Å². The summed E-state index contributed by atoms with van der Waals surface area (Å²) in [5.74, 6) is 0. The van der Waals surface area contributed by atoms with E-state index in [9.17, 15) is 20.2 Å². The molecular weight excluding hydrogens is 795 g/mol. The Kier molecular flexibility index (Phi) is 11.6. The fourth-order valence-corrected chi connectivity index (χ4v) is 7.66. The Hall–Kier alpha value is -6.08. The molecule has 0 radical (unpaired) electrons. The third kappa shape index (κ3) is 8.17. The second-order valence-electron chi connectivity index (χ2n) is 14.9. The Morgan fingerprint density at radius 3 is 1.60 bits per heavy atom. The van der Waals surface area contributed by atoms with Crippen molar-refractivity contribution < 1.29 is 19.2 Å². The molecule has 0 bridgehead atoms. The van der Waals surface area contributed by atoms with E-state index in [4.69, 9.17) is 9.31 Å². The first-order valence-corrected chi connectivity index (χ1v) is 19.6. The first-order chi connectivity index (χ1) is 27.9. The quantitative estimate of drug-likeness (QED) is 0.0921. The Morgan fingerprint density at radius 2 is 1.07 bits per heavy atom. The Morgan fingerprint density at radius 1 is 0.586 bits per heavy atom. The van der Waals surface area contributed by atoms with Crippen LogP contribution in [0, 0.1) is 20.2 Å². The predicted molar refractivity (Wildman–Crippen MR) is 232 cm³/mol. The van der Waals surface area contributed by atoms with Crippen LogP contribution in [0.25, 0.3) is 22.3 Å². The molecule has 290 valence electrons. The molecule has 3 heterocycles. The number of fused-ring (bicyclic) bond motifs is 2. The van der Waals surface area contributed by atoms with E-state index in [0.29, 0.717) is 10.0 Å². The number of allylic oxidation sites excluding steroid dienone is 2. The van der Waals surface area contributed by atoms with Crippen LogP contribution < -0.4 is 5.46 Å². The van der Waals surface area contributed by atoms with E-state index in [2.05, 4.69) is 132 Å². The lowest BCUT2D eigenvalue weighted by Gasteiger charge is -2.32. The molecule has 0 saturated carbocycles. The van der Waals surface area contributed by atoms with Crippen molar-refractivity contribution in [2.24, 2.45) is 0 Å². The number of halogens is 1. The normalized spacial score (nSPS) is 15.4. The molecule has 1 fully saturated rings. The van der Waals surface area contributed by atoms with Crippen molar-refractivity contribution in [2.45, 2.75) is 51.7 Å². The number of aromatic nitrogens is 2. The summed E-state index contributed by atoms with van der Waals surface area (Å²) >= 11 is 2.99. The molecule has 1 saturated heterocycles. The maximum absolute atomic E-state index is 11.3. The highest BCUT2D eigenvalue weighted by Gasteiger charge is 2.52. The van der Waals surface area contributed by atoms with Crippen LogP contribution in [-0.2, 0) is 22.2 Å². The fourth-order valence-electron chi connectivity index (χ4n) is 7.27. The SMILES string of the molecule is CC1(C)OB(c2cccc3c2CC=C3c2ccccc2)OC1(C)C.O=[N+]([O-])c1ccncc1-c1cccc2c1CC=C2c1ccccc1.O=[N+]([O-])c1ccncc1Br. The van der Waals surface area contributed by atoms with Crippen LogP contribution in [-0.4, -0.2) is 38.1 Å². The van der Waals surface area contributed by atoms with Crippen LogP contribution >= 0.6 is 15.9 Å². The third-order valence-corrected chi connectivity index (χ3v) is 11.5. The first-order valence-electron chi connectivity index (χ1n) is 18.8. The van der Waals surface area contributed by atoms with Gasteiger partial charge in [-0.1, -0.05) is 109 Å². The maximum atomic E-state index is 11.3. The van der Waals surface area contributed by atoms with Gasteiger partial charge in [-0.05, 0) is 112 Å². The summed E-state index contributed by atoms with van der Waals surface area (Å²) in [6.45, 7) is 8.40. The van der Waals surface area contributed by atoms with E-state index in [1.54, 1.807) is 6.20 Å². The highest BCUT2D eigenvalue weighted by atomic mass is 79.9. The molecule has 2 aromatic heterocycles. The van der Waals surface area contributed by atoms with Gasteiger partial charge in [0.2, 0.25) is 0 Å². The molecule has 0 N–H and O–H groups in total. The van der Waals surface area contributed by atoms with Crippen LogP contribution in [0.3, 0.4) is 0 Å². The molecule has 3 aliphatic rings. The van der Waals surface area contributed by atoms with Gasteiger partial charge in [0.25, 0.3) is 11.4 Å². The summed E-state index contributed by atoms with van der Waals surface area (Å²) in [5, 5.41) is 21.5. The van der Waals surface area contributed by atoms with Crippen molar-refractivity contribution in [3.8, 4) is 11.1 Å². The lowest BCUT2D eigenvalue weighted by atomic mass is 9.74. The third-order valence-electron chi connectivity index (χ3n) is 10.9. The standard InChI is InChI=1S/C21H23BO2.C20H14N2O2.C5H3BrN2O2/c1-20(2)21(3,4)24-22(23-20)19-12-8-11-17-16(13-14-18(17)19)15-9-6-5-7-10-15;23-22(24)20-11-12-21-13-19(20)17-8-4-7-16-15(9-10-18(16)17)14-5-2-1-3-6-14;6-4-3-7-2-1-5(4)8(9)10/h5-13H,14H2,1-4H3;1-9,11-13H,10H2;1-3H. The van der Waals surface area contributed by atoms with Crippen molar-refractivity contribution in [1.29, 1.82) is 0 Å². The highest BCUT2D eigenvalue weighted by Crippen LogP contribution is 2.41. The van der Waals surface area contributed by atoms with E-state index in [0.717, 1.165) is 40.6 Å². The maximum Gasteiger partial charge on any atom is 0.495 e. The lowest BCUT2D eigenvalue weighted by Crippen LogP contribution is -2.41. The zero-order chi connectivity index (χ0) is 41.0. The van der Waals surface area contributed by atoms with Gasteiger partial charge in [0.1, 0.15) is 4.47 Å². The average Bonchev–Trinajstić information content (AvgIpc) is 3.92. The van der Waals surface area contributed by atoms with Gasteiger partial charge in [-0.2, -0.15) is 0 Å². The Labute approximate surface area is 345 Å². The zero-order valence-electron chi connectivity index (χ0n) is 32.5. The molecule has 9 rings (SSSR count). The summed E-state index contributed by atoms with van der Waals surface area (Å²) in [7, 11) is -0.298. The predicted octanol–water partition coefficient (Wildman–Crippen LogP) is 10.4. The van der Waals surface area contributed by atoms with Crippen LogP contribution in [0.2, 0.25) is 0 Å². The van der Waals surface area contributed by atoms with Crippen molar-refractivity contribution in [3.05, 3.63) is 204 Å². The van der Waals surface area contributed by atoms with Crippen LogP contribution in [0.15, 0.2) is 151 Å². The molecule has 58 heavy (non-hydrogen) atoms. The molecule has 0 unspecified atom stereocenters. The largest absolute Gasteiger partial charge is 0.495 e. The smallest absolute Gasteiger partial charge is 0.399 e. The van der Waals surface area contributed by atoms with Crippen LogP contribution in [0.5, 0.6) is 0 Å². The average molecular weight is 836 g/mol. The molecule has 4 aromatic carbocycles. The number of nitrogens with zero attached hydrogens (tertiary/aromatic N) is 4. The second kappa shape index (κ2) is 16.8. The second-order valence-corrected chi connectivity index (χ2v) is 15.8. The molecule has 10 nitrogen and oxygen atoms in total. The van der Waals surface area contributed by atoms with E-state index in [-0.39, 0.29) is 34.6 Å². The van der Waals surface area contributed by atoms with Crippen molar-refractivity contribution >= 4 is 51.0 Å². The minimum atomic E-state index is -0.467. The van der Waals surface area contributed by atoms with E-state index in [1.807, 2.05) is 30.3 Å². The minimum Gasteiger partial charge on any atom is -0.399 e. The van der Waals surface area contributed by atoms with Crippen molar-refractivity contribution in [1.82, 2.24) is 9.97 Å². The van der Waals surface area contributed by atoms with Crippen molar-refractivity contribution in [3.63, 3.8) is 0 Å². The number of benzene rings is 4. The lowest BCUT2D eigenvalue weighted by molar-refractivity contribution is -0.385. The summed E-state index contributed by atoms with van der Waals surface area (Å²) < 4.78 is 12.9. The van der Waals surface area contributed by atoms with Gasteiger partial charge in [0.05, 0.1) is 26.6 Å². The molecule has 12 heteroatoms. The van der Waals surface area contributed by atoms with Gasteiger partial charge in [0, 0.05) is 36.9 Å². The molecule has 0 spiro atoms. The number of nitro groups is 2. The molecule has 0 amide bonds. The molecule has 1 aliphatic heterocycles. The van der Waals surface area contributed by atoms with Gasteiger partial charge in [-0.25, -0.2) is 0 Å². The van der Waals surface area contributed by atoms with Crippen molar-refractivity contribution in [2.75, 3.05) is 0 Å². The van der Waals surface area contributed by atoms with Gasteiger partial charge >= 0.3 is 7.12 Å². The van der Waals surface area contributed by atoms with Gasteiger partial charge < -0.3 is 9.31 Å². The molecule has 2 aliphatic carbocycles. The topological polar surface area (TPSA) is 131 Å². The van der Waals surface area contributed by atoms with Gasteiger partial charge in [0.15, 0.2) is 0 Å². The van der Waals surface area contributed by atoms with Gasteiger partial charge in [-0.15, -0.1) is 0 Å². The number of rotatable bonds is 6. The zero-order valence-corrected chi connectivity index (χ0v) is 34.1. The van der Waals surface area contributed by atoms with Gasteiger partial charge in [-0.3, -0.25) is 30.2 Å². The minimum absolute atomic E-state index is 0.0370. The first kappa shape index (κ1) is 40.1. The van der Waals surface area contributed by atoms with Crippen LogP contribution in [0.1, 0.15) is 61.1 Å².